The monoisotopic (exact) mass is 335 g/mol. The maximum Gasteiger partial charge on any atom is 0.224 e. The average Bonchev–Trinajstić information content (AvgIpc) is 2.29. The summed E-state index contributed by atoms with van der Waals surface area (Å²) in [7, 11) is 0. The highest BCUT2D eigenvalue weighted by Gasteiger charge is 2.06. The van der Waals surface area contributed by atoms with Crippen molar-refractivity contribution in [3.8, 4) is 0 Å². The molecule has 0 fully saturated rings. The van der Waals surface area contributed by atoms with E-state index in [4.69, 9.17) is 23.2 Å². The molecular weight excluding hydrogens is 332 g/mol. The lowest BCUT2D eigenvalue weighted by atomic mass is 10.3. The first-order valence-corrected chi connectivity index (χ1v) is 6.01. The normalized spacial score (nSPS) is 10.4. The van der Waals surface area contributed by atoms with Gasteiger partial charge < -0.3 is 5.32 Å². The van der Waals surface area contributed by atoms with Crippen LogP contribution in [0.4, 0.5) is 15.9 Å². The van der Waals surface area contributed by atoms with E-state index in [1.807, 2.05) is 0 Å². The van der Waals surface area contributed by atoms with Gasteiger partial charge in [0.15, 0.2) is 5.82 Å². The number of halogens is 4. The SMILES string of the molecule is Fc1ccc(Nc2nc(Cl)ncc2Cl)cc1Br. The zero-order chi connectivity index (χ0) is 12.4. The van der Waals surface area contributed by atoms with Crippen molar-refractivity contribution in [3.05, 3.63) is 45.0 Å². The van der Waals surface area contributed by atoms with Crippen molar-refractivity contribution in [2.45, 2.75) is 0 Å². The number of hydrogen-bond acceptors (Lipinski definition) is 3. The van der Waals surface area contributed by atoms with Gasteiger partial charge in [0, 0.05) is 5.69 Å². The minimum Gasteiger partial charge on any atom is -0.339 e. The highest BCUT2D eigenvalue weighted by Crippen LogP contribution is 2.26. The van der Waals surface area contributed by atoms with Gasteiger partial charge in [-0.1, -0.05) is 11.6 Å². The zero-order valence-corrected chi connectivity index (χ0v) is 11.3. The van der Waals surface area contributed by atoms with Gasteiger partial charge in [-0.3, -0.25) is 0 Å². The van der Waals surface area contributed by atoms with Crippen LogP contribution in [0.1, 0.15) is 0 Å². The third-order valence-electron chi connectivity index (χ3n) is 1.90. The van der Waals surface area contributed by atoms with Crippen molar-refractivity contribution in [1.29, 1.82) is 0 Å². The highest BCUT2D eigenvalue weighted by molar-refractivity contribution is 9.10. The Labute approximate surface area is 115 Å². The van der Waals surface area contributed by atoms with E-state index in [0.29, 0.717) is 21.0 Å². The van der Waals surface area contributed by atoms with E-state index in [0.717, 1.165) is 0 Å². The van der Waals surface area contributed by atoms with Crippen LogP contribution in [0.25, 0.3) is 0 Å². The second-order valence-electron chi connectivity index (χ2n) is 3.09. The first kappa shape index (κ1) is 12.5. The molecule has 0 aliphatic heterocycles. The van der Waals surface area contributed by atoms with Gasteiger partial charge in [0.05, 0.1) is 10.7 Å². The predicted octanol–water partition coefficient (Wildman–Crippen LogP) is 4.43. The predicted molar refractivity (Wildman–Crippen MR) is 69.4 cm³/mol. The molecule has 7 heteroatoms. The fourth-order valence-corrected chi connectivity index (χ4v) is 1.79. The van der Waals surface area contributed by atoms with Crippen molar-refractivity contribution in [2.75, 3.05) is 5.32 Å². The Hall–Kier alpha value is -0.910. The number of rotatable bonds is 2. The van der Waals surface area contributed by atoms with Gasteiger partial charge in [-0.2, -0.15) is 4.98 Å². The molecule has 1 N–H and O–H groups in total. The molecule has 2 aromatic rings. The second kappa shape index (κ2) is 5.16. The van der Waals surface area contributed by atoms with Crippen LogP contribution in [-0.4, -0.2) is 9.97 Å². The Morgan fingerprint density at radius 3 is 2.76 bits per heavy atom. The molecular formula is C10H5BrCl2FN3. The Morgan fingerprint density at radius 1 is 1.29 bits per heavy atom. The maximum absolute atomic E-state index is 13.0. The largest absolute Gasteiger partial charge is 0.339 e. The molecule has 0 amide bonds. The molecule has 1 aromatic carbocycles. The van der Waals surface area contributed by atoms with Crippen LogP contribution in [0, 0.1) is 5.82 Å². The molecule has 1 heterocycles. The Bertz CT molecular complexity index is 565. The topological polar surface area (TPSA) is 37.8 Å². The third kappa shape index (κ3) is 3.06. The molecule has 0 unspecified atom stereocenters. The van der Waals surface area contributed by atoms with E-state index in [-0.39, 0.29) is 11.1 Å². The lowest BCUT2D eigenvalue weighted by Gasteiger charge is -2.07. The molecule has 88 valence electrons. The van der Waals surface area contributed by atoms with Gasteiger partial charge in [-0.15, -0.1) is 0 Å². The molecule has 0 atom stereocenters. The van der Waals surface area contributed by atoms with Crippen LogP contribution < -0.4 is 5.32 Å². The summed E-state index contributed by atoms with van der Waals surface area (Å²) in [5.74, 6) is 0.0209. The minimum absolute atomic E-state index is 0.0816. The Balaban J connectivity index is 2.31. The Morgan fingerprint density at radius 2 is 2.06 bits per heavy atom. The van der Waals surface area contributed by atoms with Crippen LogP contribution in [0.5, 0.6) is 0 Å². The third-order valence-corrected chi connectivity index (χ3v) is 2.96. The fraction of sp³-hybridized carbons (Fsp3) is 0. The number of benzene rings is 1. The summed E-state index contributed by atoms with van der Waals surface area (Å²) < 4.78 is 13.4. The van der Waals surface area contributed by atoms with E-state index in [2.05, 4.69) is 31.2 Å². The van der Waals surface area contributed by atoms with Crippen molar-refractivity contribution >= 4 is 50.6 Å². The summed E-state index contributed by atoms with van der Waals surface area (Å²) in [5.41, 5.74) is 0.634. The molecule has 0 saturated heterocycles. The Kier molecular flexibility index (Phi) is 3.81. The lowest BCUT2D eigenvalue weighted by Crippen LogP contribution is -1.96. The first-order valence-electron chi connectivity index (χ1n) is 4.46. The van der Waals surface area contributed by atoms with Crippen LogP contribution in [0.15, 0.2) is 28.9 Å². The van der Waals surface area contributed by atoms with Gasteiger partial charge in [0.2, 0.25) is 5.28 Å². The summed E-state index contributed by atoms with van der Waals surface area (Å²) in [4.78, 5) is 7.65. The molecule has 0 saturated carbocycles. The summed E-state index contributed by atoms with van der Waals surface area (Å²) >= 11 is 14.6. The van der Waals surface area contributed by atoms with Gasteiger partial charge in [0.1, 0.15) is 10.8 Å². The van der Waals surface area contributed by atoms with E-state index in [1.54, 1.807) is 12.1 Å². The lowest BCUT2D eigenvalue weighted by molar-refractivity contribution is 0.621. The summed E-state index contributed by atoms with van der Waals surface area (Å²) in [5, 5.41) is 3.33. The maximum atomic E-state index is 13.0. The quantitative estimate of drug-likeness (QED) is 0.824. The number of anilines is 2. The van der Waals surface area contributed by atoms with Gasteiger partial charge in [-0.05, 0) is 45.7 Å². The number of aromatic nitrogens is 2. The van der Waals surface area contributed by atoms with Crippen molar-refractivity contribution < 1.29 is 4.39 Å². The number of nitrogens with zero attached hydrogens (tertiary/aromatic N) is 2. The second-order valence-corrected chi connectivity index (χ2v) is 4.69. The van der Waals surface area contributed by atoms with E-state index in [1.165, 1.54) is 12.3 Å². The van der Waals surface area contributed by atoms with Crippen LogP contribution >= 0.6 is 39.1 Å². The molecule has 0 spiro atoms. The van der Waals surface area contributed by atoms with E-state index in [9.17, 15) is 4.39 Å². The van der Waals surface area contributed by atoms with Gasteiger partial charge in [-0.25, -0.2) is 9.37 Å². The minimum atomic E-state index is -0.345. The number of nitrogens with one attached hydrogen (secondary N) is 1. The summed E-state index contributed by atoms with van der Waals surface area (Å²) in [6, 6.07) is 4.46. The molecule has 2 rings (SSSR count). The number of hydrogen-bond donors (Lipinski definition) is 1. The summed E-state index contributed by atoms with van der Waals surface area (Å²) in [6.07, 6.45) is 1.39. The molecule has 0 radical (unpaired) electrons. The van der Waals surface area contributed by atoms with Gasteiger partial charge in [0.25, 0.3) is 0 Å². The molecule has 0 aliphatic rings. The molecule has 1 aromatic heterocycles. The van der Waals surface area contributed by atoms with Crippen LogP contribution in [0.3, 0.4) is 0 Å². The van der Waals surface area contributed by atoms with Crippen LogP contribution in [0.2, 0.25) is 10.3 Å². The van der Waals surface area contributed by atoms with E-state index >= 15 is 0 Å². The standard InChI is InChI=1S/C10H5BrCl2FN3/c11-6-3-5(1-2-8(6)14)16-9-7(12)4-15-10(13)17-9/h1-4H,(H,15,16,17). The van der Waals surface area contributed by atoms with Crippen molar-refractivity contribution in [3.63, 3.8) is 0 Å². The first-order chi connectivity index (χ1) is 8.06. The van der Waals surface area contributed by atoms with Gasteiger partial charge >= 0.3 is 0 Å². The highest BCUT2D eigenvalue weighted by atomic mass is 79.9. The van der Waals surface area contributed by atoms with Crippen LogP contribution in [-0.2, 0) is 0 Å². The molecule has 3 nitrogen and oxygen atoms in total. The smallest absolute Gasteiger partial charge is 0.224 e. The summed E-state index contributed by atoms with van der Waals surface area (Å²) in [6.45, 7) is 0. The molecule has 0 aliphatic carbocycles. The van der Waals surface area contributed by atoms with E-state index < -0.39 is 0 Å². The average molecular weight is 337 g/mol. The van der Waals surface area contributed by atoms with Crippen molar-refractivity contribution in [2.24, 2.45) is 0 Å². The zero-order valence-electron chi connectivity index (χ0n) is 8.22. The molecule has 0 bridgehead atoms. The fourth-order valence-electron chi connectivity index (χ4n) is 1.14. The van der Waals surface area contributed by atoms with Crippen molar-refractivity contribution in [1.82, 2.24) is 9.97 Å². The molecule has 17 heavy (non-hydrogen) atoms.